The monoisotopic (exact) mass is 315 g/mol. The average Bonchev–Trinajstić information content (AvgIpc) is 2.80. The van der Waals surface area contributed by atoms with Gasteiger partial charge in [0.25, 0.3) is 0 Å². The minimum absolute atomic E-state index is 0.773. The molecule has 0 aliphatic carbocycles. The summed E-state index contributed by atoms with van der Waals surface area (Å²) in [6, 6.07) is 10.4. The smallest absolute Gasteiger partial charge is 0.190 e. The van der Waals surface area contributed by atoms with Gasteiger partial charge in [0.2, 0.25) is 0 Å². The molecule has 0 aliphatic heterocycles. The first kappa shape index (κ1) is 14.4. The van der Waals surface area contributed by atoms with Crippen LogP contribution in [0.25, 0.3) is 10.2 Å². The van der Waals surface area contributed by atoms with Crippen molar-refractivity contribution in [2.24, 2.45) is 0 Å². The fraction of sp³-hybridized carbons (Fsp3) is 0.250. The Balaban J connectivity index is 1.99. The van der Waals surface area contributed by atoms with Crippen molar-refractivity contribution in [1.82, 2.24) is 9.97 Å². The van der Waals surface area contributed by atoms with E-state index in [-0.39, 0.29) is 0 Å². The van der Waals surface area contributed by atoms with E-state index < -0.39 is 0 Å². The number of nitrogens with zero attached hydrogens (tertiary/aromatic N) is 2. The van der Waals surface area contributed by atoms with Gasteiger partial charge in [-0.1, -0.05) is 42.1 Å². The highest BCUT2D eigenvalue weighted by atomic mass is 32.2. The highest BCUT2D eigenvalue weighted by Gasteiger charge is 2.14. The van der Waals surface area contributed by atoms with Gasteiger partial charge in [-0.15, -0.1) is 11.3 Å². The maximum absolute atomic E-state index is 4.66. The molecular formula is C16H17N3S2. The van der Waals surface area contributed by atoms with Crippen molar-refractivity contribution in [2.75, 3.05) is 11.6 Å². The van der Waals surface area contributed by atoms with Crippen LogP contribution in [0, 0.1) is 13.8 Å². The lowest BCUT2D eigenvalue weighted by Gasteiger charge is -2.09. The fourth-order valence-electron chi connectivity index (χ4n) is 2.23. The van der Waals surface area contributed by atoms with Crippen LogP contribution in [0.15, 0.2) is 35.5 Å². The lowest BCUT2D eigenvalue weighted by molar-refractivity contribution is 0.992. The number of aryl methyl sites for hydroxylation is 2. The van der Waals surface area contributed by atoms with Gasteiger partial charge < -0.3 is 5.32 Å². The minimum Gasteiger partial charge on any atom is -0.365 e. The fourth-order valence-corrected chi connectivity index (χ4v) is 3.68. The van der Waals surface area contributed by atoms with E-state index in [0.717, 1.165) is 27.7 Å². The number of rotatable bonds is 4. The van der Waals surface area contributed by atoms with Crippen molar-refractivity contribution in [3.63, 3.8) is 0 Å². The first-order chi connectivity index (χ1) is 10.2. The third kappa shape index (κ3) is 2.89. The normalized spacial score (nSPS) is 11.0. The number of anilines is 1. The molecule has 108 valence electrons. The molecule has 0 spiro atoms. The van der Waals surface area contributed by atoms with Gasteiger partial charge in [0.1, 0.15) is 10.6 Å². The summed E-state index contributed by atoms with van der Waals surface area (Å²) in [4.78, 5) is 11.7. The van der Waals surface area contributed by atoms with Gasteiger partial charge >= 0.3 is 0 Å². The number of hydrogen-bond donors (Lipinski definition) is 1. The maximum Gasteiger partial charge on any atom is 0.190 e. The Hall–Kier alpha value is -1.59. The van der Waals surface area contributed by atoms with Gasteiger partial charge in [0.05, 0.1) is 5.39 Å². The van der Waals surface area contributed by atoms with Gasteiger partial charge in [-0.2, -0.15) is 0 Å². The summed E-state index contributed by atoms with van der Waals surface area (Å²) in [6.07, 6.45) is 2.01. The van der Waals surface area contributed by atoms with Crippen LogP contribution in [-0.4, -0.2) is 16.2 Å². The summed E-state index contributed by atoms with van der Waals surface area (Å²) >= 11 is 3.32. The molecule has 0 unspecified atom stereocenters. The first-order valence-corrected chi connectivity index (χ1v) is 8.82. The zero-order chi connectivity index (χ0) is 14.8. The molecule has 21 heavy (non-hydrogen) atoms. The summed E-state index contributed by atoms with van der Waals surface area (Å²) in [6.45, 7) is 5.06. The summed E-state index contributed by atoms with van der Waals surface area (Å²) < 4.78 is 0. The molecule has 0 radical (unpaired) electrons. The summed E-state index contributed by atoms with van der Waals surface area (Å²) in [5.74, 6) is 0.940. The van der Waals surface area contributed by atoms with Gasteiger partial charge in [-0.3, -0.25) is 0 Å². The van der Waals surface area contributed by atoms with E-state index in [1.54, 1.807) is 23.1 Å². The average molecular weight is 315 g/mol. The quantitative estimate of drug-likeness (QED) is 0.562. The van der Waals surface area contributed by atoms with E-state index in [2.05, 4.69) is 53.4 Å². The summed E-state index contributed by atoms with van der Waals surface area (Å²) in [5.41, 5.74) is 2.53. The number of hydrogen-bond acceptors (Lipinski definition) is 5. The Morgan fingerprint density at radius 2 is 1.90 bits per heavy atom. The Bertz CT molecular complexity index is 766. The summed E-state index contributed by atoms with van der Waals surface area (Å²) in [5, 5.41) is 5.45. The van der Waals surface area contributed by atoms with E-state index in [4.69, 9.17) is 0 Å². The zero-order valence-corrected chi connectivity index (χ0v) is 13.9. The number of benzene rings is 1. The third-order valence-electron chi connectivity index (χ3n) is 3.49. The first-order valence-electron chi connectivity index (χ1n) is 6.78. The molecule has 2 aromatic heterocycles. The molecule has 0 fully saturated rings. The number of thiophene rings is 1. The van der Waals surface area contributed by atoms with Gasteiger partial charge in [-0.05, 0) is 31.2 Å². The van der Waals surface area contributed by atoms with Crippen LogP contribution in [0.5, 0.6) is 0 Å². The van der Waals surface area contributed by atoms with Gasteiger partial charge in [0, 0.05) is 11.4 Å². The molecule has 0 atom stereocenters. The van der Waals surface area contributed by atoms with Crippen LogP contribution >= 0.6 is 23.1 Å². The van der Waals surface area contributed by atoms with Crippen molar-refractivity contribution >= 4 is 39.1 Å². The van der Waals surface area contributed by atoms with Crippen molar-refractivity contribution in [3.05, 3.63) is 46.3 Å². The van der Waals surface area contributed by atoms with E-state index >= 15 is 0 Å². The Kier molecular flexibility index (Phi) is 4.12. The highest BCUT2D eigenvalue weighted by molar-refractivity contribution is 7.98. The Morgan fingerprint density at radius 1 is 1.14 bits per heavy atom. The van der Waals surface area contributed by atoms with Crippen molar-refractivity contribution in [2.45, 2.75) is 25.5 Å². The highest BCUT2D eigenvalue weighted by Crippen LogP contribution is 2.34. The van der Waals surface area contributed by atoms with Crippen LogP contribution in [0.3, 0.4) is 0 Å². The van der Waals surface area contributed by atoms with Crippen LogP contribution < -0.4 is 5.32 Å². The predicted molar refractivity (Wildman–Crippen MR) is 92.4 cm³/mol. The van der Waals surface area contributed by atoms with E-state index in [0.29, 0.717) is 0 Å². The molecular weight excluding hydrogens is 298 g/mol. The second-order valence-corrected chi connectivity index (χ2v) is 6.84. The molecule has 3 nitrogen and oxygen atoms in total. The van der Waals surface area contributed by atoms with Crippen LogP contribution in [0.2, 0.25) is 0 Å². The lowest BCUT2D eigenvalue weighted by atomic mass is 10.2. The lowest BCUT2D eigenvalue weighted by Crippen LogP contribution is -2.03. The second kappa shape index (κ2) is 6.03. The zero-order valence-electron chi connectivity index (χ0n) is 12.3. The SMILES string of the molecule is CSc1nc(NCc2ccccc2)c2c(C)c(C)sc2n1. The van der Waals surface area contributed by atoms with E-state index in [1.807, 2.05) is 12.3 Å². The van der Waals surface area contributed by atoms with Crippen LogP contribution in [0.4, 0.5) is 5.82 Å². The molecule has 5 heteroatoms. The van der Waals surface area contributed by atoms with Crippen molar-refractivity contribution in [3.8, 4) is 0 Å². The predicted octanol–water partition coefficient (Wildman–Crippen LogP) is 4.64. The number of thioether (sulfide) groups is 1. The molecule has 0 saturated carbocycles. The molecule has 1 N–H and O–H groups in total. The number of aromatic nitrogens is 2. The van der Waals surface area contributed by atoms with E-state index in [9.17, 15) is 0 Å². The van der Waals surface area contributed by atoms with E-state index in [1.165, 1.54) is 16.0 Å². The molecule has 3 aromatic rings. The third-order valence-corrected chi connectivity index (χ3v) is 5.14. The topological polar surface area (TPSA) is 37.8 Å². The van der Waals surface area contributed by atoms with Crippen molar-refractivity contribution in [1.29, 1.82) is 0 Å². The minimum atomic E-state index is 0.773. The Labute approximate surface area is 132 Å². The molecule has 0 bridgehead atoms. The van der Waals surface area contributed by atoms with Crippen LogP contribution in [0.1, 0.15) is 16.0 Å². The molecule has 2 heterocycles. The van der Waals surface area contributed by atoms with Gasteiger partial charge in [0.15, 0.2) is 5.16 Å². The standard InChI is InChI=1S/C16H17N3S2/c1-10-11(2)21-15-13(10)14(18-16(19-15)20-3)17-9-12-7-5-4-6-8-12/h4-8H,9H2,1-3H3,(H,17,18,19). The maximum atomic E-state index is 4.66. The summed E-state index contributed by atoms with van der Waals surface area (Å²) in [7, 11) is 0. The van der Waals surface area contributed by atoms with Crippen molar-refractivity contribution < 1.29 is 0 Å². The molecule has 0 aliphatic rings. The van der Waals surface area contributed by atoms with Crippen LogP contribution in [-0.2, 0) is 6.54 Å². The Morgan fingerprint density at radius 3 is 2.62 bits per heavy atom. The molecule has 0 amide bonds. The molecule has 3 rings (SSSR count). The van der Waals surface area contributed by atoms with Gasteiger partial charge in [-0.25, -0.2) is 9.97 Å². The second-order valence-electron chi connectivity index (χ2n) is 4.86. The molecule has 1 aromatic carbocycles. The number of nitrogens with one attached hydrogen (secondary N) is 1. The molecule has 0 saturated heterocycles. The largest absolute Gasteiger partial charge is 0.365 e. The number of fused-ring (bicyclic) bond motifs is 1.